The van der Waals surface area contributed by atoms with Crippen LogP contribution in [0.5, 0.6) is 0 Å². The summed E-state index contributed by atoms with van der Waals surface area (Å²) in [5.74, 6) is 2.45. The summed E-state index contributed by atoms with van der Waals surface area (Å²) in [6, 6.07) is 39.4. The van der Waals surface area contributed by atoms with Crippen LogP contribution in [-0.4, -0.2) is 193 Å². The highest BCUT2D eigenvalue weighted by Crippen LogP contribution is 2.27. The zero-order valence-corrected chi connectivity index (χ0v) is 56.8. The molecule has 5 fully saturated rings. The normalized spacial score (nSPS) is 18.2. The molecule has 5 aromatic carbocycles. The van der Waals surface area contributed by atoms with Gasteiger partial charge in [0.2, 0.25) is 30.1 Å². The molecule has 19 heteroatoms. The maximum atomic E-state index is 12.6. The van der Waals surface area contributed by atoms with E-state index >= 15 is 0 Å². The third-order valence-corrected chi connectivity index (χ3v) is 22.2. The van der Waals surface area contributed by atoms with Crippen molar-refractivity contribution in [3.63, 3.8) is 0 Å². The van der Waals surface area contributed by atoms with Gasteiger partial charge < -0.3 is 33.8 Å². The number of sulfonamides is 3. The Hall–Kier alpha value is -4.77. The first-order valence-corrected chi connectivity index (χ1v) is 35.8. The van der Waals surface area contributed by atoms with Gasteiger partial charge in [0.15, 0.2) is 0 Å². The van der Waals surface area contributed by atoms with Crippen molar-refractivity contribution in [3.05, 3.63) is 149 Å². The van der Waals surface area contributed by atoms with E-state index in [0.29, 0.717) is 96.8 Å². The Morgan fingerprint density at radius 2 is 0.586 bits per heavy atom. The molecule has 0 saturated carbocycles. The topological polar surface area (TPSA) is 153 Å². The van der Waals surface area contributed by atoms with Crippen LogP contribution in [0.15, 0.2) is 136 Å². The van der Waals surface area contributed by atoms with Crippen molar-refractivity contribution < 1.29 is 39.5 Å². The molecule has 0 aliphatic carbocycles. The fourth-order valence-corrected chi connectivity index (χ4v) is 14.7. The minimum absolute atomic E-state index is 0.369. The second-order valence-corrected chi connectivity index (χ2v) is 30.5. The number of benzene rings is 5. The van der Waals surface area contributed by atoms with Crippen LogP contribution in [0.25, 0.3) is 0 Å². The van der Waals surface area contributed by atoms with E-state index in [9.17, 15) is 25.3 Å². The van der Waals surface area contributed by atoms with Crippen LogP contribution in [0, 0.1) is 0 Å². The quantitative estimate of drug-likeness (QED) is 0.110. The van der Waals surface area contributed by atoms with Gasteiger partial charge in [-0.2, -0.15) is 12.9 Å². The van der Waals surface area contributed by atoms with Crippen molar-refractivity contribution in [1.29, 1.82) is 0 Å². The van der Waals surface area contributed by atoms with Crippen LogP contribution in [-0.2, 0) is 44.3 Å². The van der Waals surface area contributed by atoms with Crippen LogP contribution >= 0.6 is 0 Å². The van der Waals surface area contributed by atoms with Gasteiger partial charge in [-0.25, -0.2) is 25.3 Å². The molecule has 482 valence electrons. The lowest BCUT2D eigenvalue weighted by atomic mass is 10.0. The van der Waals surface area contributed by atoms with Gasteiger partial charge in [0.1, 0.15) is 0 Å². The van der Waals surface area contributed by atoms with Crippen molar-refractivity contribution in [1.82, 2.24) is 22.7 Å². The average Bonchev–Trinajstić information content (AvgIpc) is 3.25. The van der Waals surface area contributed by atoms with Crippen molar-refractivity contribution >= 4 is 41.4 Å². The Bertz CT molecular complexity index is 3090. The summed E-state index contributed by atoms with van der Waals surface area (Å²) >= 11 is 0. The number of hydrogen-bond acceptors (Lipinski definition) is 13. The maximum absolute atomic E-state index is 12.6. The predicted octanol–water partition coefficient (Wildman–Crippen LogP) is 11.0. The molecule has 0 unspecified atom stereocenters. The van der Waals surface area contributed by atoms with Gasteiger partial charge in [-0.1, -0.05) is 130 Å². The lowest BCUT2D eigenvalue weighted by Gasteiger charge is -2.31. The van der Waals surface area contributed by atoms with Gasteiger partial charge in [-0.3, -0.25) is 0 Å². The molecule has 0 N–H and O–H groups in total. The van der Waals surface area contributed by atoms with Gasteiger partial charge in [-0.15, -0.1) is 0 Å². The van der Waals surface area contributed by atoms with Crippen LogP contribution in [0.1, 0.15) is 133 Å². The first kappa shape index (κ1) is 71.3. The highest BCUT2D eigenvalue weighted by molar-refractivity contribution is 7.89. The zero-order valence-electron chi connectivity index (χ0n) is 54.3. The molecule has 16 nitrogen and oxygen atoms in total. The summed E-state index contributed by atoms with van der Waals surface area (Å²) in [5, 5.41) is 0. The van der Waals surface area contributed by atoms with E-state index in [0.717, 1.165) is 96.3 Å². The molecule has 5 heterocycles. The van der Waals surface area contributed by atoms with Gasteiger partial charge in [0, 0.05) is 96.5 Å². The van der Waals surface area contributed by atoms with Gasteiger partial charge in [0.05, 0.1) is 54.3 Å². The van der Waals surface area contributed by atoms with Crippen molar-refractivity contribution in [2.24, 2.45) is 0 Å². The highest BCUT2D eigenvalue weighted by Gasteiger charge is 2.29. The first-order valence-electron chi connectivity index (χ1n) is 31.5. The summed E-state index contributed by atoms with van der Waals surface area (Å²) in [6.45, 7) is 36.5. The predicted molar refractivity (Wildman–Crippen MR) is 355 cm³/mol. The van der Waals surface area contributed by atoms with Crippen LogP contribution in [0.4, 0.5) is 11.4 Å². The largest absolute Gasteiger partial charge is 0.379 e. The van der Waals surface area contributed by atoms with Crippen LogP contribution in [0.2, 0.25) is 0 Å². The third kappa shape index (κ3) is 21.4. The summed E-state index contributed by atoms with van der Waals surface area (Å²) in [7, 11) is -5.97. The number of hydrogen-bond donors (Lipinski definition) is 0. The first-order chi connectivity index (χ1) is 41.4. The monoisotopic (exact) mass is 1260 g/mol. The molecule has 0 atom stereocenters. The number of anilines is 2. The Morgan fingerprint density at radius 1 is 0.310 bits per heavy atom. The Labute approximate surface area is 524 Å². The molecule has 0 spiro atoms. The fourth-order valence-electron chi connectivity index (χ4n) is 10.4. The molecule has 10 rings (SSSR count). The summed E-state index contributed by atoms with van der Waals surface area (Å²) in [6.07, 6.45) is 0.889. The standard InChI is InChI=1S/C15H24N2O2S.C14H22N2O2S.C13H19NO3S.2C13H19NO/c1-13(2)14-5-7-15(8-6-14)20(18,19)17-10-4-9-16(3)11-12-17;1-12(2)13-4-6-14(7-5-13)19(17,18)16-10-8-15(3)9-11-16;1-11(2)12-3-5-13(6-4-12)18(15,16)14-7-9-17-10-8-14;2*1-11(2)12-4-3-5-13(10-12)14-6-8-15-9-7-14/h5-8,13H,4,9-12H2,1-3H3;4-7,12H,8-11H2,1-3H3;3-6,11H,7-10H2,1-2H3;2*3-5,10-11H,6-9H2,1-2H3. The van der Waals surface area contributed by atoms with E-state index in [1.54, 1.807) is 45.0 Å². The van der Waals surface area contributed by atoms with E-state index in [-0.39, 0.29) is 0 Å². The number of ether oxygens (including phenoxy) is 3. The van der Waals surface area contributed by atoms with E-state index in [1.807, 2.05) is 50.5 Å². The molecular formula is C68H103N7O9S3. The number of rotatable bonds is 13. The molecule has 87 heavy (non-hydrogen) atoms. The summed E-state index contributed by atoms with van der Waals surface area (Å²) in [4.78, 5) is 10.3. The lowest BCUT2D eigenvalue weighted by molar-refractivity contribution is 0.0730. The number of morpholine rings is 3. The summed E-state index contributed by atoms with van der Waals surface area (Å²) < 4.78 is 95.5. The SMILES string of the molecule is CC(C)c1ccc(S(=O)(=O)N2CCCN(C)CC2)cc1.CC(C)c1ccc(S(=O)(=O)N2CCN(C)CC2)cc1.CC(C)c1ccc(S(=O)(=O)N2CCOCC2)cc1.CC(C)c1cccc(N2CCOCC2)c1.CC(C)c1cccc(N2CCOCC2)c1. The number of nitrogens with zero attached hydrogens (tertiary/aromatic N) is 7. The maximum Gasteiger partial charge on any atom is 0.243 e. The molecular weight excluding hydrogens is 1150 g/mol. The van der Waals surface area contributed by atoms with Gasteiger partial charge >= 0.3 is 0 Å². The van der Waals surface area contributed by atoms with E-state index in [2.05, 4.69) is 137 Å². The molecule has 5 aromatic rings. The minimum atomic E-state index is -3.35. The molecule has 0 amide bonds. The number of likely N-dealkylation sites (N-methyl/N-ethyl adjacent to an activating group) is 2. The molecule has 0 bridgehead atoms. The number of piperazine rings is 1. The Morgan fingerprint density at radius 3 is 0.897 bits per heavy atom. The lowest BCUT2D eigenvalue weighted by Crippen LogP contribution is -2.46. The van der Waals surface area contributed by atoms with E-state index < -0.39 is 30.1 Å². The molecule has 5 aliphatic heterocycles. The molecule has 5 aliphatic rings. The van der Waals surface area contributed by atoms with Crippen LogP contribution < -0.4 is 9.80 Å². The molecule has 0 aromatic heterocycles. The second kappa shape index (κ2) is 34.4. The van der Waals surface area contributed by atoms with Gasteiger partial charge in [0.25, 0.3) is 0 Å². The molecule has 0 radical (unpaired) electrons. The fraction of sp³-hybridized carbons (Fsp3) is 0.559. The Kier molecular flexibility index (Phi) is 28.2. The third-order valence-electron chi connectivity index (χ3n) is 16.5. The van der Waals surface area contributed by atoms with Crippen molar-refractivity contribution in [2.45, 2.75) is 120 Å². The molecule has 5 saturated heterocycles. The average molecular weight is 1260 g/mol. The van der Waals surface area contributed by atoms with Crippen LogP contribution in [0.3, 0.4) is 0 Å². The van der Waals surface area contributed by atoms with Crippen molar-refractivity contribution in [3.8, 4) is 0 Å². The smallest absolute Gasteiger partial charge is 0.243 e. The second-order valence-electron chi connectivity index (χ2n) is 24.7. The highest BCUT2D eigenvalue weighted by atomic mass is 32.2. The Balaban J connectivity index is 0.000000174. The summed E-state index contributed by atoms with van der Waals surface area (Å²) in [5.41, 5.74) is 8.99. The zero-order chi connectivity index (χ0) is 63.3. The van der Waals surface area contributed by atoms with Gasteiger partial charge in [-0.05, 0) is 145 Å². The van der Waals surface area contributed by atoms with E-state index in [1.165, 1.54) is 32.4 Å². The minimum Gasteiger partial charge on any atom is -0.379 e. The van der Waals surface area contributed by atoms with Crippen molar-refractivity contribution in [2.75, 3.05) is 155 Å². The van der Waals surface area contributed by atoms with E-state index in [4.69, 9.17) is 14.2 Å².